The molecule has 1 aliphatic rings. The van der Waals surface area contributed by atoms with Crippen molar-refractivity contribution in [3.05, 3.63) is 48.3 Å². The Morgan fingerprint density at radius 2 is 1.88 bits per heavy atom. The van der Waals surface area contributed by atoms with E-state index in [0.717, 1.165) is 6.07 Å². The largest absolute Gasteiger partial charge is 0.494 e. The van der Waals surface area contributed by atoms with E-state index in [1.807, 2.05) is 0 Å². The van der Waals surface area contributed by atoms with Gasteiger partial charge in [0.1, 0.15) is 6.61 Å². The van der Waals surface area contributed by atoms with Gasteiger partial charge in [-0.1, -0.05) is 6.58 Å². The number of aromatic nitrogens is 2. The fourth-order valence-electron chi connectivity index (χ4n) is 3.14. The van der Waals surface area contributed by atoms with Crippen LogP contribution in [-0.2, 0) is 16.1 Å². The number of carbonyl (C=O) groups is 1. The van der Waals surface area contributed by atoms with Gasteiger partial charge in [-0.3, -0.25) is 4.79 Å². The number of halogens is 2. The predicted octanol–water partition coefficient (Wildman–Crippen LogP) is 2.22. The first-order chi connectivity index (χ1) is 15.5. The molecule has 0 saturated carbocycles. The third-order valence-corrected chi connectivity index (χ3v) is 4.86. The summed E-state index contributed by atoms with van der Waals surface area (Å²) in [6.45, 7) is 3.91. The standard InChI is InChI=1S/C21H24F2N4O5/c1-4-18(28)26-14-5-6-31-11-15(14)27-21-24-8-12(9-25-21)32-10-13-19(22)16(29-2)7-17(30-3)20(13)23/h4,7-9,14-15H,1,5-6,10-11H2,2-3H3,(H,26,28)(H,24,25,27)/t14-,15+/m0/s1. The Hall–Kier alpha value is -3.47. The van der Waals surface area contributed by atoms with Crippen LogP contribution in [0, 0.1) is 11.6 Å². The van der Waals surface area contributed by atoms with E-state index in [-0.39, 0.29) is 46.8 Å². The minimum absolute atomic E-state index is 0.162. The quantitative estimate of drug-likeness (QED) is 0.561. The zero-order chi connectivity index (χ0) is 23.1. The summed E-state index contributed by atoms with van der Waals surface area (Å²) in [5.41, 5.74) is -0.344. The van der Waals surface area contributed by atoms with Crippen LogP contribution in [-0.4, -0.2) is 55.4 Å². The summed E-state index contributed by atoms with van der Waals surface area (Å²) in [4.78, 5) is 19.9. The molecule has 1 fully saturated rings. The molecule has 0 spiro atoms. The van der Waals surface area contributed by atoms with E-state index in [1.165, 1.54) is 32.7 Å². The zero-order valence-corrected chi connectivity index (χ0v) is 17.7. The summed E-state index contributed by atoms with van der Waals surface area (Å²) in [5.74, 6) is -1.87. The van der Waals surface area contributed by atoms with Crippen LogP contribution in [0.2, 0.25) is 0 Å². The van der Waals surface area contributed by atoms with E-state index < -0.39 is 18.2 Å². The molecule has 1 saturated heterocycles. The van der Waals surface area contributed by atoms with Crippen LogP contribution in [0.5, 0.6) is 17.2 Å². The predicted molar refractivity (Wildman–Crippen MR) is 111 cm³/mol. The summed E-state index contributed by atoms with van der Waals surface area (Å²) in [7, 11) is 2.54. The van der Waals surface area contributed by atoms with E-state index in [1.54, 1.807) is 0 Å². The molecular formula is C21H24F2N4O5. The van der Waals surface area contributed by atoms with E-state index in [4.69, 9.17) is 18.9 Å². The monoisotopic (exact) mass is 450 g/mol. The maximum Gasteiger partial charge on any atom is 0.243 e. The second kappa shape index (κ2) is 10.7. The molecule has 9 nitrogen and oxygen atoms in total. The van der Waals surface area contributed by atoms with Gasteiger partial charge in [-0.05, 0) is 12.5 Å². The number of ether oxygens (including phenoxy) is 4. The summed E-state index contributed by atoms with van der Waals surface area (Å²) in [6, 6.07) is 0.701. The van der Waals surface area contributed by atoms with Crippen molar-refractivity contribution in [2.24, 2.45) is 0 Å². The first-order valence-corrected chi connectivity index (χ1v) is 9.77. The van der Waals surface area contributed by atoms with Crippen molar-refractivity contribution >= 4 is 11.9 Å². The molecule has 0 unspecified atom stereocenters. The van der Waals surface area contributed by atoms with Gasteiger partial charge >= 0.3 is 0 Å². The van der Waals surface area contributed by atoms with E-state index in [2.05, 4.69) is 27.2 Å². The van der Waals surface area contributed by atoms with Gasteiger partial charge in [0, 0.05) is 12.7 Å². The number of anilines is 1. The second-order valence-electron chi connectivity index (χ2n) is 6.85. The van der Waals surface area contributed by atoms with Gasteiger partial charge in [-0.15, -0.1) is 0 Å². The van der Waals surface area contributed by atoms with Crippen molar-refractivity contribution < 1.29 is 32.5 Å². The van der Waals surface area contributed by atoms with Crippen molar-refractivity contribution in [2.75, 3.05) is 32.8 Å². The van der Waals surface area contributed by atoms with Crippen LogP contribution in [0.1, 0.15) is 12.0 Å². The zero-order valence-electron chi connectivity index (χ0n) is 17.7. The van der Waals surface area contributed by atoms with Crippen LogP contribution in [0.15, 0.2) is 31.1 Å². The van der Waals surface area contributed by atoms with Crippen molar-refractivity contribution in [1.82, 2.24) is 15.3 Å². The Morgan fingerprint density at radius 3 is 2.47 bits per heavy atom. The molecule has 2 atom stereocenters. The lowest BCUT2D eigenvalue weighted by molar-refractivity contribution is -0.117. The number of nitrogens with one attached hydrogen (secondary N) is 2. The van der Waals surface area contributed by atoms with Gasteiger partial charge < -0.3 is 29.6 Å². The fourth-order valence-corrected chi connectivity index (χ4v) is 3.14. The minimum atomic E-state index is -0.880. The van der Waals surface area contributed by atoms with Crippen molar-refractivity contribution in [1.29, 1.82) is 0 Å². The number of rotatable bonds is 9. The smallest absolute Gasteiger partial charge is 0.243 e. The molecule has 172 valence electrons. The Bertz CT molecular complexity index is 930. The molecule has 0 bridgehead atoms. The Labute approximate surface area is 183 Å². The highest BCUT2D eigenvalue weighted by Gasteiger charge is 2.27. The number of hydrogen-bond donors (Lipinski definition) is 2. The van der Waals surface area contributed by atoms with Crippen molar-refractivity contribution in [3.8, 4) is 17.2 Å². The molecule has 1 aromatic heterocycles. The van der Waals surface area contributed by atoms with Gasteiger partial charge in [-0.25, -0.2) is 18.7 Å². The lowest BCUT2D eigenvalue weighted by Crippen LogP contribution is -2.52. The Balaban J connectivity index is 1.65. The number of methoxy groups -OCH3 is 2. The molecule has 11 heteroatoms. The van der Waals surface area contributed by atoms with E-state index >= 15 is 0 Å². The van der Waals surface area contributed by atoms with Gasteiger partial charge in [-0.2, -0.15) is 0 Å². The molecule has 1 aromatic carbocycles. The maximum absolute atomic E-state index is 14.4. The van der Waals surface area contributed by atoms with Crippen LogP contribution in [0.3, 0.4) is 0 Å². The molecule has 0 aliphatic carbocycles. The van der Waals surface area contributed by atoms with Gasteiger partial charge in [0.2, 0.25) is 11.9 Å². The van der Waals surface area contributed by atoms with Crippen LogP contribution in [0.4, 0.5) is 14.7 Å². The number of carbonyl (C=O) groups excluding carboxylic acids is 1. The first-order valence-electron chi connectivity index (χ1n) is 9.77. The van der Waals surface area contributed by atoms with Gasteiger partial charge in [0.15, 0.2) is 28.9 Å². The molecule has 1 aliphatic heterocycles. The van der Waals surface area contributed by atoms with E-state index in [9.17, 15) is 13.6 Å². The number of hydrogen-bond acceptors (Lipinski definition) is 8. The second-order valence-corrected chi connectivity index (χ2v) is 6.85. The average Bonchev–Trinajstić information content (AvgIpc) is 2.81. The van der Waals surface area contributed by atoms with E-state index in [0.29, 0.717) is 19.6 Å². The lowest BCUT2D eigenvalue weighted by Gasteiger charge is -2.32. The van der Waals surface area contributed by atoms with Gasteiger partial charge in [0.25, 0.3) is 0 Å². The molecule has 1 amide bonds. The molecule has 2 aromatic rings. The summed E-state index contributed by atoms with van der Waals surface area (Å²) in [5, 5.41) is 5.95. The highest BCUT2D eigenvalue weighted by molar-refractivity contribution is 5.87. The third-order valence-electron chi connectivity index (χ3n) is 4.86. The Kier molecular flexibility index (Phi) is 7.77. The Morgan fingerprint density at radius 1 is 1.22 bits per heavy atom. The normalized spacial score (nSPS) is 17.9. The summed E-state index contributed by atoms with van der Waals surface area (Å²) in [6.07, 6.45) is 4.56. The number of benzene rings is 1. The molecule has 3 rings (SSSR count). The molecule has 2 N–H and O–H groups in total. The third kappa shape index (κ3) is 5.41. The SMILES string of the molecule is C=CC(=O)N[C@H]1CCOC[C@H]1Nc1ncc(OCc2c(F)c(OC)cc(OC)c2F)cn1. The lowest BCUT2D eigenvalue weighted by atomic mass is 10.0. The van der Waals surface area contributed by atoms with Crippen molar-refractivity contribution in [2.45, 2.75) is 25.1 Å². The van der Waals surface area contributed by atoms with Crippen LogP contribution < -0.4 is 24.8 Å². The van der Waals surface area contributed by atoms with Crippen LogP contribution >= 0.6 is 0 Å². The van der Waals surface area contributed by atoms with Gasteiger partial charge in [0.05, 0.1) is 50.9 Å². The minimum Gasteiger partial charge on any atom is -0.494 e. The first kappa shape index (κ1) is 23.2. The molecule has 32 heavy (non-hydrogen) atoms. The average molecular weight is 450 g/mol. The topological polar surface area (TPSA) is 104 Å². The summed E-state index contributed by atoms with van der Waals surface area (Å²) < 4.78 is 49.6. The van der Waals surface area contributed by atoms with Crippen molar-refractivity contribution in [3.63, 3.8) is 0 Å². The fraction of sp³-hybridized carbons (Fsp3) is 0.381. The molecule has 0 radical (unpaired) electrons. The maximum atomic E-state index is 14.4. The van der Waals surface area contributed by atoms with Crippen LogP contribution in [0.25, 0.3) is 0 Å². The number of nitrogens with zero attached hydrogens (tertiary/aromatic N) is 2. The molecule has 2 heterocycles. The summed E-state index contributed by atoms with van der Waals surface area (Å²) >= 11 is 0. The highest BCUT2D eigenvalue weighted by Crippen LogP contribution is 2.32. The number of amides is 1. The highest BCUT2D eigenvalue weighted by atomic mass is 19.1. The molecular weight excluding hydrogens is 426 g/mol.